The van der Waals surface area contributed by atoms with E-state index in [0.717, 1.165) is 14.3 Å². The van der Waals surface area contributed by atoms with Crippen LogP contribution in [0.25, 0.3) is 0 Å². The predicted octanol–water partition coefficient (Wildman–Crippen LogP) is 4.96. The second-order valence-corrected chi connectivity index (χ2v) is 8.83. The average molecular weight is 747 g/mol. The third kappa shape index (κ3) is 4.28. The molecule has 2 N–H and O–H groups in total. The van der Waals surface area contributed by atoms with Crippen molar-refractivity contribution in [2.24, 2.45) is 0 Å². The van der Waals surface area contributed by atoms with Gasteiger partial charge in [0, 0.05) is 12.6 Å². The quantitative estimate of drug-likeness (QED) is 0.437. The number of rotatable bonds is 3. The average Bonchev–Trinajstić information content (AvgIpc) is 2.47. The molecule has 0 heterocycles. The molecule has 0 aromatic heterocycles. The predicted molar refractivity (Wildman–Crippen MR) is 119 cm³/mol. The van der Waals surface area contributed by atoms with Crippen molar-refractivity contribution in [3.63, 3.8) is 0 Å². The van der Waals surface area contributed by atoms with Crippen LogP contribution in [0, 0.1) is 14.3 Å². The topological polar surface area (TPSA) is 58.6 Å². The Balaban J connectivity index is 2.40. The van der Waals surface area contributed by atoms with Gasteiger partial charge in [0.05, 0.1) is 14.3 Å². The Labute approximate surface area is 182 Å². The molecule has 0 atom stereocenters. The van der Waals surface area contributed by atoms with E-state index in [1.165, 1.54) is 0 Å². The first-order chi connectivity index (χ1) is 10.3. The van der Waals surface area contributed by atoms with Crippen molar-refractivity contribution in [3.05, 3.63) is 44.1 Å². The number of aromatic hydroxyl groups is 1. The van der Waals surface area contributed by atoms with Crippen molar-refractivity contribution >= 4 is 96.3 Å². The number of amides is 1. The van der Waals surface area contributed by atoms with Crippen LogP contribution >= 0.6 is 90.4 Å². The van der Waals surface area contributed by atoms with E-state index in [-0.39, 0.29) is 11.7 Å². The number of phenols is 1. The van der Waals surface area contributed by atoms with Crippen molar-refractivity contribution in [1.29, 1.82) is 0 Å². The number of hydrogen-bond donors (Lipinski definition) is 2. The lowest BCUT2D eigenvalue weighted by molar-refractivity contribution is 0.0963. The molecular formula is C14H9I4NO3. The molecule has 0 aliphatic heterocycles. The summed E-state index contributed by atoms with van der Waals surface area (Å²) in [5.74, 6) is 1.48. The molecule has 0 spiro atoms. The molecule has 22 heavy (non-hydrogen) atoms. The Morgan fingerprint density at radius 3 is 1.95 bits per heavy atom. The minimum absolute atomic E-state index is 0.129. The molecular weight excluding hydrogens is 738 g/mol. The Hall–Kier alpha value is 0.430. The Bertz CT molecular complexity index is 703. The summed E-state index contributed by atoms with van der Waals surface area (Å²) in [6.45, 7) is 0. The third-order valence-electron chi connectivity index (χ3n) is 2.70. The summed E-state index contributed by atoms with van der Waals surface area (Å²) in [6, 6.07) is 7.12. The van der Waals surface area contributed by atoms with E-state index in [1.807, 2.05) is 0 Å². The zero-order valence-corrected chi connectivity index (χ0v) is 19.7. The molecule has 0 unspecified atom stereocenters. The van der Waals surface area contributed by atoms with Gasteiger partial charge in [0.15, 0.2) is 5.75 Å². The number of nitrogens with one attached hydrogen (secondary N) is 1. The molecule has 2 rings (SSSR count). The molecule has 0 aliphatic rings. The first kappa shape index (κ1) is 18.8. The van der Waals surface area contributed by atoms with Crippen LogP contribution in [-0.2, 0) is 0 Å². The lowest BCUT2D eigenvalue weighted by atomic mass is 10.2. The van der Waals surface area contributed by atoms with Gasteiger partial charge in [0.2, 0.25) is 0 Å². The van der Waals surface area contributed by atoms with Crippen LogP contribution in [0.1, 0.15) is 10.4 Å². The van der Waals surface area contributed by atoms with E-state index in [1.54, 1.807) is 31.3 Å². The van der Waals surface area contributed by atoms with Gasteiger partial charge in [-0.15, -0.1) is 0 Å². The number of hydrogen-bond acceptors (Lipinski definition) is 3. The van der Waals surface area contributed by atoms with Crippen LogP contribution in [0.2, 0.25) is 0 Å². The molecule has 0 saturated heterocycles. The van der Waals surface area contributed by atoms with Crippen LogP contribution in [0.3, 0.4) is 0 Å². The van der Waals surface area contributed by atoms with Crippen molar-refractivity contribution in [2.45, 2.75) is 0 Å². The van der Waals surface area contributed by atoms with Crippen LogP contribution < -0.4 is 10.1 Å². The maximum atomic E-state index is 11.7. The number of phenolic OH excluding ortho intramolecular Hbond substituents is 1. The molecule has 1 amide bonds. The molecule has 0 aliphatic carbocycles. The fourth-order valence-corrected chi connectivity index (χ4v) is 5.35. The first-order valence-corrected chi connectivity index (χ1v) is 10.2. The van der Waals surface area contributed by atoms with Gasteiger partial charge in [-0.05, 0) is 115 Å². The highest BCUT2D eigenvalue weighted by Gasteiger charge is 2.15. The number of carbonyl (C=O) groups is 1. The molecule has 2 aromatic rings. The summed E-state index contributed by atoms with van der Waals surface area (Å²) in [5, 5.41) is 12.4. The van der Waals surface area contributed by atoms with Crippen molar-refractivity contribution in [1.82, 2.24) is 5.32 Å². The highest BCUT2D eigenvalue weighted by Crippen LogP contribution is 2.36. The summed E-state index contributed by atoms with van der Waals surface area (Å²) in [5.41, 5.74) is 0.596. The van der Waals surface area contributed by atoms with Gasteiger partial charge in [0.1, 0.15) is 11.5 Å². The molecule has 8 heteroatoms. The van der Waals surface area contributed by atoms with E-state index in [2.05, 4.69) is 95.7 Å². The summed E-state index contributed by atoms with van der Waals surface area (Å²) in [7, 11) is 1.60. The molecule has 0 radical (unpaired) electrons. The summed E-state index contributed by atoms with van der Waals surface area (Å²) < 4.78 is 9.11. The normalized spacial score (nSPS) is 10.4. The maximum Gasteiger partial charge on any atom is 0.251 e. The van der Waals surface area contributed by atoms with Gasteiger partial charge < -0.3 is 15.2 Å². The fraction of sp³-hybridized carbons (Fsp3) is 0.0714. The molecule has 0 bridgehead atoms. The molecule has 2 aromatic carbocycles. The van der Waals surface area contributed by atoms with Crippen LogP contribution in [0.4, 0.5) is 0 Å². The molecule has 116 valence electrons. The third-order valence-corrected chi connectivity index (χ3v) is 5.95. The number of halogens is 4. The van der Waals surface area contributed by atoms with Crippen molar-refractivity contribution in [2.75, 3.05) is 7.05 Å². The Morgan fingerprint density at radius 2 is 1.50 bits per heavy atom. The largest absolute Gasteiger partial charge is 0.506 e. The van der Waals surface area contributed by atoms with Gasteiger partial charge in [-0.25, -0.2) is 0 Å². The van der Waals surface area contributed by atoms with E-state index in [9.17, 15) is 9.90 Å². The summed E-state index contributed by atoms with van der Waals surface area (Å²) in [6.07, 6.45) is 0. The monoisotopic (exact) mass is 747 g/mol. The minimum Gasteiger partial charge on any atom is -0.506 e. The minimum atomic E-state index is -0.129. The lowest BCUT2D eigenvalue weighted by Gasteiger charge is -2.13. The molecule has 0 fully saturated rings. The highest BCUT2D eigenvalue weighted by molar-refractivity contribution is 14.1. The van der Waals surface area contributed by atoms with Crippen LogP contribution in [0.15, 0.2) is 24.3 Å². The van der Waals surface area contributed by atoms with Gasteiger partial charge in [-0.1, -0.05) is 0 Å². The van der Waals surface area contributed by atoms with Gasteiger partial charge >= 0.3 is 0 Å². The number of ether oxygens (including phenoxy) is 1. The van der Waals surface area contributed by atoms with Gasteiger partial charge in [0.25, 0.3) is 5.91 Å². The Kier molecular flexibility index (Phi) is 6.83. The first-order valence-electron chi connectivity index (χ1n) is 5.90. The Morgan fingerprint density at radius 1 is 1.00 bits per heavy atom. The van der Waals surface area contributed by atoms with Crippen LogP contribution in [-0.4, -0.2) is 18.1 Å². The summed E-state index contributed by atoms with van der Waals surface area (Å²) in [4.78, 5) is 11.7. The van der Waals surface area contributed by atoms with E-state index in [0.29, 0.717) is 17.1 Å². The van der Waals surface area contributed by atoms with E-state index in [4.69, 9.17) is 4.74 Å². The maximum absolute atomic E-state index is 11.7. The molecule has 0 saturated carbocycles. The zero-order chi connectivity index (χ0) is 16.4. The number of carbonyl (C=O) groups excluding carboxylic acids is 1. The summed E-state index contributed by atoms with van der Waals surface area (Å²) >= 11 is 8.42. The lowest BCUT2D eigenvalue weighted by Crippen LogP contribution is -2.18. The van der Waals surface area contributed by atoms with Crippen molar-refractivity contribution in [3.8, 4) is 17.2 Å². The van der Waals surface area contributed by atoms with E-state index < -0.39 is 0 Å². The fourth-order valence-electron chi connectivity index (χ4n) is 1.65. The second kappa shape index (κ2) is 8.00. The van der Waals surface area contributed by atoms with E-state index >= 15 is 0 Å². The van der Waals surface area contributed by atoms with Crippen LogP contribution in [0.5, 0.6) is 17.2 Å². The molecule has 4 nitrogen and oxygen atoms in total. The highest BCUT2D eigenvalue weighted by atomic mass is 127. The SMILES string of the molecule is CNC(=O)c1cc(I)c(Oc2cc(I)c(O)c(I)c2)c(I)c1. The number of benzene rings is 2. The van der Waals surface area contributed by atoms with Gasteiger partial charge in [-0.3, -0.25) is 4.79 Å². The second-order valence-electron chi connectivity index (χ2n) is 4.19. The van der Waals surface area contributed by atoms with Gasteiger partial charge in [-0.2, -0.15) is 0 Å². The zero-order valence-electron chi connectivity index (χ0n) is 11.1. The van der Waals surface area contributed by atoms with Crippen molar-refractivity contribution < 1.29 is 14.6 Å². The standard InChI is InChI=1S/C14H9I4NO3/c1-19-14(21)6-2-10(17)13(11(18)3-6)22-7-4-8(15)12(20)9(16)5-7/h2-5,20H,1H3,(H,19,21). The smallest absolute Gasteiger partial charge is 0.251 e.